The number of carboxylic acid groups (broad SMARTS) is 2. The first-order chi connectivity index (χ1) is 11.0. The maximum absolute atomic E-state index is 10.9. The third-order valence-corrected chi connectivity index (χ3v) is 1.94. The van der Waals surface area contributed by atoms with Crippen LogP contribution in [0.5, 0.6) is 11.5 Å². The molecule has 0 radical (unpaired) electrons. The number of nitrogens with zero attached hydrogens (tertiary/aromatic N) is 2. The average molecular weight is 389 g/mol. The molecule has 0 atom stereocenters. The second-order valence-corrected chi connectivity index (χ2v) is 4.56. The number of rotatable bonds is 4. The molecule has 1 aromatic rings. The minimum Gasteiger partial charge on any atom is -0.872 e. The quantitative estimate of drug-likeness (QED) is 0.365. The number of hydrogen-bond donors (Lipinski definition) is 0. The number of benzene rings is 1. The number of hydrogen-bond acceptors (Lipinski definition) is 8. The van der Waals surface area contributed by atoms with Crippen LogP contribution in [0.2, 0.25) is 0 Å². The summed E-state index contributed by atoms with van der Waals surface area (Å²) in [6.07, 6.45) is 1.50. The molecule has 10 nitrogen and oxygen atoms in total. The van der Waals surface area contributed by atoms with Crippen molar-refractivity contribution in [3.05, 3.63) is 23.3 Å². The van der Waals surface area contributed by atoms with Gasteiger partial charge >= 0.3 is 46.1 Å². The van der Waals surface area contributed by atoms with Crippen LogP contribution in [0.15, 0.2) is 12.1 Å². The van der Waals surface area contributed by atoms with Gasteiger partial charge in [0.15, 0.2) is 0 Å². The fourth-order valence-electron chi connectivity index (χ4n) is 0.879. The van der Waals surface area contributed by atoms with Crippen molar-refractivity contribution in [2.24, 2.45) is 0 Å². The van der Waals surface area contributed by atoms with Crippen molar-refractivity contribution in [1.82, 2.24) is 9.80 Å². The molecule has 12 heteroatoms. The van der Waals surface area contributed by atoms with Crippen LogP contribution < -0.4 is 20.4 Å². The predicted octanol–water partition coefficient (Wildman–Crippen LogP) is -4.79. The molecular formula is C14H16Mg2N2O8. The number of carbonyl (C=O) groups excluding carboxylic acids is 4. The first kappa shape index (κ1) is 32.0. The van der Waals surface area contributed by atoms with Gasteiger partial charge in [-0.1, -0.05) is 23.6 Å². The Morgan fingerprint density at radius 2 is 0.962 bits per heavy atom. The van der Waals surface area contributed by atoms with Crippen LogP contribution in [-0.4, -0.2) is 109 Å². The van der Waals surface area contributed by atoms with Crippen LogP contribution in [0.3, 0.4) is 0 Å². The van der Waals surface area contributed by atoms with Gasteiger partial charge in [0, 0.05) is 28.2 Å². The molecule has 1 aromatic carbocycles. The summed E-state index contributed by atoms with van der Waals surface area (Å²) in [6, 6.07) is 0.811. The molecule has 134 valence electrons. The summed E-state index contributed by atoms with van der Waals surface area (Å²) in [7, 11) is 6.75. The van der Waals surface area contributed by atoms with Crippen molar-refractivity contribution in [1.29, 1.82) is 0 Å². The summed E-state index contributed by atoms with van der Waals surface area (Å²) in [4.78, 5) is 42.2. The van der Waals surface area contributed by atoms with Gasteiger partial charge in [0.05, 0.1) is 11.9 Å². The summed E-state index contributed by atoms with van der Waals surface area (Å²) >= 11 is 0. The fourth-order valence-corrected chi connectivity index (χ4v) is 0.879. The summed E-state index contributed by atoms with van der Waals surface area (Å²) in [5.74, 6) is -5.83. The zero-order valence-electron chi connectivity index (χ0n) is 14.9. The number of carbonyl (C=O) groups is 4. The van der Waals surface area contributed by atoms with E-state index in [0.717, 1.165) is 12.8 Å². The molecule has 0 saturated heterocycles. The second-order valence-electron chi connectivity index (χ2n) is 4.56. The van der Waals surface area contributed by atoms with Crippen molar-refractivity contribution in [3.63, 3.8) is 0 Å². The van der Waals surface area contributed by atoms with Crippen LogP contribution in [0.25, 0.3) is 0 Å². The van der Waals surface area contributed by atoms with E-state index in [1.54, 1.807) is 28.2 Å². The maximum atomic E-state index is 10.9. The average Bonchev–Trinajstić information content (AvgIpc) is 2.49. The summed E-state index contributed by atoms with van der Waals surface area (Å²) in [5, 5.41) is 42.3. The fraction of sp³-hybridized carbons (Fsp3) is 0.286. The van der Waals surface area contributed by atoms with Crippen LogP contribution in [0.4, 0.5) is 0 Å². The summed E-state index contributed by atoms with van der Waals surface area (Å²) in [5.41, 5.74) is -1.72. The van der Waals surface area contributed by atoms with Crippen LogP contribution >= 0.6 is 0 Å². The molecule has 2 amide bonds. The molecule has 1 rings (SSSR count). The van der Waals surface area contributed by atoms with Crippen LogP contribution in [0, 0.1) is 0 Å². The molecule has 0 saturated carbocycles. The smallest absolute Gasteiger partial charge is 0.872 e. The Bertz CT molecular complexity index is 543. The largest absolute Gasteiger partial charge is 2.00 e. The molecule has 0 fully saturated rings. The maximum Gasteiger partial charge on any atom is 2.00 e. The van der Waals surface area contributed by atoms with Crippen molar-refractivity contribution in [3.8, 4) is 11.5 Å². The Hall–Kier alpha value is -1.77. The zero-order valence-corrected chi connectivity index (χ0v) is 17.7. The van der Waals surface area contributed by atoms with Gasteiger partial charge < -0.3 is 39.8 Å². The standard InChI is InChI=1S/C8H6O6.2C3H7NO.2Mg/c9-5-1-3(7(11)12)6(10)2-4(5)8(13)14;2*1-4(2)3-5;;/h1-2,9-10H,(H,11,12)(H,13,14);2*3H,1-2H3;;/q;;;2*+2/p-4. The molecule has 0 aliphatic heterocycles. The van der Waals surface area contributed by atoms with Gasteiger partial charge in [0.25, 0.3) is 0 Å². The molecule has 0 spiro atoms. The zero-order chi connectivity index (χ0) is 19.4. The Morgan fingerprint density at radius 3 is 1.08 bits per heavy atom. The van der Waals surface area contributed by atoms with E-state index in [4.69, 9.17) is 0 Å². The van der Waals surface area contributed by atoms with Gasteiger partial charge in [0.1, 0.15) is 0 Å². The van der Waals surface area contributed by atoms with Crippen LogP contribution in [-0.2, 0) is 9.59 Å². The SMILES string of the molecule is CN(C)C=O.CN(C)C=O.O=C([O-])c1cc([O-])c(C(=O)[O-])cc1[O-].[Mg+2].[Mg+2]. The van der Waals surface area contributed by atoms with E-state index in [-0.39, 0.29) is 46.1 Å². The molecule has 0 aliphatic rings. The third-order valence-electron chi connectivity index (χ3n) is 1.94. The van der Waals surface area contributed by atoms with E-state index in [2.05, 4.69) is 0 Å². The molecule has 0 aromatic heterocycles. The van der Waals surface area contributed by atoms with Crippen LogP contribution in [0.1, 0.15) is 20.7 Å². The molecular weight excluding hydrogens is 373 g/mol. The molecule has 0 bridgehead atoms. The first-order valence-corrected chi connectivity index (χ1v) is 6.16. The molecule has 0 heterocycles. The monoisotopic (exact) mass is 388 g/mol. The Labute approximate surface area is 182 Å². The summed E-state index contributed by atoms with van der Waals surface area (Å²) in [6.45, 7) is 0. The van der Waals surface area contributed by atoms with E-state index < -0.39 is 34.6 Å². The molecule has 26 heavy (non-hydrogen) atoms. The van der Waals surface area contributed by atoms with Crippen molar-refractivity contribution >= 4 is 70.9 Å². The van der Waals surface area contributed by atoms with Crippen molar-refractivity contribution in [2.75, 3.05) is 28.2 Å². The van der Waals surface area contributed by atoms with E-state index >= 15 is 0 Å². The first-order valence-electron chi connectivity index (χ1n) is 6.16. The number of carboxylic acids is 2. The Morgan fingerprint density at radius 1 is 0.769 bits per heavy atom. The second kappa shape index (κ2) is 16.7. The van der Waals surface area contributed by atoms with Gasteiger partial charge in [-0.25, -0.2) is 0 Å². The van der Waals surface area contributed by atoms with Gasteiger partial charge in [-0.2, -0.15) is 0 Å². The normalized spacial score (nSPS) is 7.85. The van der Waals surface area contributed by atoms with E-state index in [0.29, 0.717) is 12.1 Å². The minimum absolute atomic E-state index is 0. The Balaban J connectivity index is -0.000000170. The number of aromatic carboxylic acids is 2. The number of amides is 2. The predicted molar refractivity (Wildman–Crippen MR) is 85.0 cm³/mol. The van der Waals surface area contributed by atoms with Gasteiger partial charge in [-0.15, -0.1) is 0 Å². The molecule has 0 aliphatic carbocycles. The van der Waals surface area contributed by atoms with Crippen molar-refractivity contribution < 1.29 is 39.6 Å². The van der Waals surface area contributed by atoms with Gasteiger partial charge in [-0.05, 0) is 11.1 Å². The van der Waals surface area contributed by atoms with E-state index in [1.807, 2.05) is 0 Å². The summed E-state index contributed by atoms with van der Waals surface area (Å²) < 4.78 is 0. The minimum atomic E-state index is -1.82. The third kappa shape index (κ3) is 14.6. The molecule has 0 N–H and O–H groups in total. The topological polar surface area (TPSA) is 167 Å². The van der Waals surface area contributed by atoms with Gasteiger partial charge in [0.2, 0.25) is 12.8 Å². The van der Waals surface area contributed by atoms with E-state index in [9.17, 15) is 39.6 Å². The van der Waals surface area contributed by atoms with Gasteiger partial charge in [-0.3, -0.25) is 9.59 Å². The van der Waals surface area contributed by atoms with Crippen molar-refractivity contribution in [2.45, 2.75) is 0 Å². The molecule has 0 unspecified atom stereocenters. The Kier molecular flexibility index (Phi) is 20.5. The van der Waals surface area contributed by atoms with E-state index in [1.165, 1.54) is 9.80 Å².